The first-order chi connectivity index (χ1) is 14.6. The summed E-state index contributed by atoms with van der Waals surface area (Å²) in [7, 11) is 0. The number of rotatable bonds is 9. The Morgan fingerprint density at radius 2 is 1.73 bits per heavy atom. The van der Waals surface area contributed by atoms with E-state index in [4.69, 9.17) is 0 Å². The van der Waals surface area contributed by atoms with Gasteiger partial charge in [0.05, 0.1) is 6.10 Å². The van der Waals surface area contributed by atoms with Crippen molar-refractivity contribution in [2.24, 2.45) is 0 Å². The van der Waals surface area contributed by atoms with Crippen LogP contribution in [0.25, 0.3) is 28.3 Å². The molecule has 0 spiro atoms. The molecule has 4 heteroatoms. The highest BCUT2D eigenvalue weighted by molar-refractivity contribution is 5.71. The van der Waals surface area contributed by atoms with Crippen molar-refractivity contribution in [3.63, 3.8) is 0 Å². The van der Waals surface area contributed by atoms with E-state index in [1.165, 1.54) is 0 Å². The Kier molecular flexibility index (Phi) is 7.63. The maximum atomic E-state index is 14.7. The molecule has 2 aromatic carbocycles. The van der Waals surface area contributed by atoms with Crippen LogP contribution in [0.15, 0.2) is 73.6 Å². The number of benzene rings is 2. The second-order valence-electron chi connectivity index (χ2n) is 7.38. The highest BCUT2D eigenvalue weighted by atomic mass is 19.1. The van der Waals surface area contributed by atoms with Gasteiger partial charge in [-0.3, -0.25) is 0 Å². The Hall–Kier alpha value is -3.11. The monoisotopic (exact) mass is 402 g/mol. The minimum Gasteiger partial charge on any atom is -0.393 e. The summed E-state index contributed by atoms with van der Waals surface area (Å²) in [5.41, 5.74) is 4.15. The Labute approximate surface area is 177 Å². The van der Waals surface area contributed by atoms with Gasteiger partial charge in [0.1, 0.15) is 11.6 Å². The summed E-state index contributed by atoms with van der Waals surface area (Å²) in [6, 6.07) is 13.0. The van der Waals surface area contributed by atoms with Crippen LogP contribution in [-0.2, 0) is 6.42 Å². The van der Waals surface area contributed by atoms with E-state index in [9.17, 15) is 9.50 Å². The van der Waals surface area contributed by atoms with Crippen LogP contribution < -0.4 is 0 Å². The molecule has 0 aliphatic carbocycles. The Bertz CT molecular complexity index is 993. The third-order valence-corrected chi connectivity index (χ3v) is 4.86. The Balaban J connectivity index is 1.68. The second kappa shape index (κ2) is 10.6. The number of allylic oxidation sites excluding steroid dienone is 2. The highest BCUT2D eigenvalue weighted by Crippen LogP contribution is 2.27. The summed E-state index contributed by atoms with van der Waals surface area (Å²) in [6.07, 6.45) is 12.2. The maximum absolute atomic E-state index is 14.7. The molecule has 1 unspecified atom stereocenters. The fourth-order valence-electron chi connectivity index (χ4n) is 3.20. The molecule has 0 bridgehead atoms. The normalized spacial score (nSPS) is 12.2. The fourth-order valence-corrected chi connectivity index (χ4v) is 3.20. The molecule has 0 saturated carbocycles. The van der Waals surface area contributed by atoms with Crippen LogP contribution in [0.2, 0.25) is 0 Å². The average molecular weight is 403 g/mol. The van der Waals surface area contributed by atoms with Gasteiger partial charge in [-0.1, -0.05) is 54.6 Å². The zero-order chi connectivity index (χ0) is 21.3. The van der Waals surface area contributed by atoms with Crippen LogP contribution in [0.3, 0.4) is 0 Å². The van der Waals surface area contributed by atoms with Crippen LogP contribution in [0.1, 0.15) is 37.6 Å². The summed E-state index contributed by atoms with van der Waals surface area (Å²) in [4.78, 5) is 8.67. The van der Waals surface area contributed by atoms with Gasteiger partial charge in [0.2, 0.25) is 0 Å². The van der Waals surface area contributed by atoms with E-state index in [0.717, 1.165) is 47.3 Å². The lowest BCUT2D eigenvalue weighted by atomic mass is 10.00. The Morgan fingerprint density at radius 1 is 1.03 bits per heavy atom. The van der Waals surface area contributed by atoms with Crippen molar-refractivity contribution in [1.82, 2.24) is 9.97 Å². The molecular weight excluding hydrogens is 375 g/mol. The Morgan fingerprint density at radius 3 is 2.37 bits per heavy atom. The van der Waals surface area contributed by atoms with Crippen LogP contribution in [0.4, 0.5) is 4.39 Å². The molecular formula is C26H27FN2O. The highest BCUT2D eigenvalue weighted by Gasteiger charge is 2.07. The fraction of sp³-hybridized carbons (Fsp3) is 0.231. The summed E-state index contributed by atoms with van der Waals surface area (Å²) in [5.74, 6) is 0.496. The molecule has 154 valence electrons. The smallest absolute Gasteiger partial charge is 0.131 e. The summed E-state index contributed by atoms with van der Waals surface area (Å²) < 4.78 is 14.7. The number of hydrogen-bond donors (Lipinski definition) is 1. The second-order valence-corrected chi connectivity index (χ2v) is 7.38. The average Bonchev–Trinajstić information content (AvgIpc) is 2.74. The number of aromatic nitrogens is 2. The molecule has 0 amide bonds. The SMILES string of the molecule is C=CCc1ncc(-c2ccc(-c3ccc(C=CCCCC(C)O)cc3F)cc2)cn1. The van der Waals surface area contributed by atoms with Crippen LogP contribution in [-0.4, -0.2) is 21.2 Å². The van der Waals surface area contributed by atoms with E-state index < -0.39 is 0 Å². The number of nitrogens with zero attached hydrogens (tertiary/aromatic N) is 2. The van der Waals surface area contributed by atoms with E-state index in [1.807, 2.05) is 48.6 Å². The van der Waals surface area contributed by atoms with Gasteiger partial charge in [0, 0.05) is 29.9 Å². The molecule has 3 rings (SSSR count). The predicted octanol–water partition coefficient (Wildman–Crippen LogP) is 6.24. The molecule has 0 aliphatic rings. The van der Waals surface area contributed by atoms with Crippen molar-refractivity contribution < 1.29 is 9.50 Å². The van der Waals surface area contributed by atoms with E-state index in [0.29, 0.717) is 12.0 Å². The van der Waals surface area contributed by atoms with Gasteiger partial charge in [-0.15, -0.1) is 6.58 Å². The lowest BCUT2D eigenvalue weighted by molar-refractivity contribution is 0.182. The molecule has 30 heavy (non-hydrogen) atoms. The van der Waals surface area contributed by atoms with E-state index in [2.05, 4.69) is 16.5 Å². The molecule has 0 fully saturated rings. The van der Waals surface area contributed by atoms with Gasteiger partial charge in [0.15, 0.2) is 0 Å². The van der Waals surface area contributed by atoms with Crippen molar-refractivity contribution >= 4 is 6.08 Å². The van der Waals surface area contributed by atoms with E-state index in [1.54, 1.807) is 31.5 Å². The number of unbranched alkanes of at least 4 members (excludes halogenated alkanes) is 1. The molecule has 1 atom stereocenters. The third-order valence-electron chi connectivity index (χ3n) is 4.86. The van der Waals surface area contributed by atoms with Crippen molar-refractivity contribution in [1.29, 1.82) is 0 Å². The number of aliphatic hydroxyl groups is 1. The topological polar surface area (TPSA) is 46.0 Å². The molecule has 3 aromatic rings. The molecule has 1 N–H and O–H groups in total. The lowest BCUT2D eigenvalue weighted by Crippen LogP contribution is -1.97. The largest absolute Gasteiger partial charge is 0.393 e. The quantitative estimate of drug-likeness (QED) is 0.340. The van der Waals surface area contributed by atoms with Crippen molar-refractivity contribution in [3.8, 4) is 22.3 Å². The molecule has 3 nitrogen and oxygen atoms in total. The van der Waals surface area contributed by atoms with Gasteiger partial charge in [-0.2, -0.15) is 0 Å². The van der Waals surface area contributed by atoms with Crippen molar-refractivity contribution in [2.45, 2.75) is 38.7 Å². The molecule has 0 radical (unpaired) electrons. The predicted molar refractivity (Wildman–Crippen MR) is 121 cm³/mol. The van der Waals surface area contributed by atoms with Gasteiger partial charge >= 0.3 is 0 Å². The lowest BCUT2D eigenvalue weighted by Gasteiger charge is -2.07. The molecule has 0 aliphatic heterocycles. The van der Waals surface area contributed by atoms with Gasteiger partial charge in [-0.25, -0.2) is 14.4 Å². The third kappa shape index (κ3) is 5.94. The first-order valence-corrected chi connectivity index (χ1v) is 10.2. The number of halogens is 1. The zero-order valence-electron chi connectivity index (χ0n) is 17.3. The first kappa shape index (κ1) is 21.6. The molecule has 0 saturated heterocycles. The van der Waals surface area contributed by atoms with Gasteiger partial charge < -0.3 is 5.11 Å². The van der Waals surface area contributed by atoms with Crippen molar-refractivity contribution in [2.75, 3.05) is 0 Å². The van der Waals surface area contributed by atoms with E-state index >= 15 is 0 Å². The van der Waals surface area contributed by atoms with Crippen LogP contribution in [0.5, 0.6) is 0 Å². The minimum absolute atomic E-state index is 0.244. The zero-order valence-corrected chi connectivity index (χ0v) is 17.3. The molecule has 1 heterocycles. The number of hydrogen-bond acceptors (Lipinski definition) is 3. The van der Waals surface area contributed by atoms with Gasteiger partial charge in [0.25, 0.3) is 0 Å². The maximum Gasteiger partial charge on any atom is 0.131 e. The van der Waals surface area contributed by atoms with Crippen LogP contribution >= 0.6 is 0 Å². The summed E-state index contributed by atoms with van der Waals surface area (Å²) in [5, 5.41) is 9.27. The van der Waals surface area contributed by atoms with Crippen molar-refractivity contribution in [3.05, 3.63) is 90.8 Å². The summed E-state index contributed by atoms with van der Waals surface area (Å²) >= 11 is 0. The van der Waals surface area contributed by atoms with Gasteiger partial charge in [-0.05, 0) is 48.9 Å². The van der Waals surface area contributed by atoms with Crippen LogP contribution in [0, 0.1) is 5.82 Å². The number of aliphatic hydroxyl groups excluding tert-OH is 1. The van der Waals surface area contributed by atoms with E-state index in [-0.39, 0.29) is 11.9 Å². The first-order valence-electron chi connectivity index (χ1n) is 10.2. The standard InChI is InChI=1S/C26H27FN2O/c1-3-7-26-28-17-23(18-29-26)21-11-13-22(14-12-21)24-15-10-20(16-25(24)27)9-6-4-5-8-19(2)30/h3,6,9-19,30H,1,4-5,7-8H2,2H3. The summed E-state index contributed by atoms with van der Waals surface area (Å²) in [6.45, 7) is 5.48. The molecule has 1 aromatic heterocycles. The minimum atomic E-state index is -0.273.